The van der Waals surface area contributed by atoms with Crippen molar-refractivity contribution in [2.24, 2.45) is 5.16 Å². The molecular formula is C18H19IN4O3S. The van der Waals surface area contributed by atoms with Gasteiger partial charge in [0.1, 0.15) is 12.9 Å². The minimum Gasteiger partial charge on any atom is -0.470 e. The zero-order chi connectivity index (χ0) is 20.0. The van der Waals surface area contributed by atoms with E-state index in [1.165, 1.54) is 32.0 Å². The number of halogens is 1. The Balaban J connectivity index is 2.23. The van der Waals surface area contributed by atoms with Crippen molar-refractivity contribution in [2.45, 2.75) is 24.8 Å². The Bertz CT molecular complexity index is 915. The molecule has 0 radical (unpaired) electrons. The van der Waals surface area contributed by atoms with Crippen molar-refractivity contribution in [3.05, 3.63) is 33.5 Å². The van der Waals surface area contributed by atoms with Crippen molar-refractivity contribution in [3.63, 3.8) is 0 Å². The molecule has 0 saturated carbocycles. The molecule has 1 N–H and O–H groups in total. The first-order valence-electron chi connectivity index (χ1n) is 7.88. The van der Waals surface area contributed by atoms with E-state index in [0.717, 1.165) is 20.0 Å². The second-order valence-electron chi connectivity index (χ2n) is 5.87. The number of carbonyl (C=O) groups excluding carboxylic acids is 1. The lowest BCUT2D eigenvalue weighted by atomic mass is 10.1. The number of thioether (sulfide) groups is 1. The first-order chi connectivity index (χ1) is 12.8. The van der Waals surface area contributed by atoms with E-state index in [2.05, 4.69) is 42.9 Å². The molecule has 0 aliphatic carbocycles. The standard InChI is InChI=1S/C18H19IN4O3S/c1-11-5-14(7-12-6-13(19)8-21-15(11)12)26-17(27-4)16(24)23-18(2,9-20)10-22-25-3/h5-8,10,17H,1-4H3,(H,23,24). The number of amides is 1. The fourth-order valence-corrected chi connectivity index (χ4v) is 3.29. The predicted octanol–water partition coefficient (Wildman–Crippen LogP) is 3.25. The molecule has 2 rings (SSSR count). The van der Waals surface area contributed by atoms with E-state index in [-0.39, 0.29) is 0 Å². The number of hydrogen-bond acceptors (Lipinski definition) is 7. The van der Waals surface area contributed by atoms with Crippen LogP contribution in [-0.2, 0) is 9.63 Å². The first-order valence-corrected chi connectivity index (χ1v) is 10.2. The molecular weight excluding hydrogens is 479 g/mol. The van der Waals surface area contributed by atoms with Crippen LogP contribution in [0.3, 0.4) is 0 Å². The van der Waals surface area contributed by atoms with Gasteiger partial charge < -0.3 is 14.9 Å². The third kappa shape index (κ3) is 5.46. The van der Waals surface area contributed by atoms with E-state index in [1.54, 1.807) is 12.5 Å². The molecule has 0 bridgehead atoms. The number of nitrogens with one attached hydrogen (secondary N) is 1. The van der Waals surface area contributed by atoms with Crippen LogP contribution in [0, 0.1) is 21.8 Å². The highest BCUT2D eigenvalue weighted by molar-refractivity contribution is 14.1. The molecule has 9 heteroatoms. The van der Waals surface area contributed by atoms with Crippen LogP contribution in [-0.4, -0.2) is 41.4 Å². The molecule has 1 heterocycles. The zero-order valence-electron chi connectivity index (χ0n) is 15.3. The van der Waals surface area contributed by atoms with E-state index in [1.807, 2.05) is 31.2 Å². The molecule has 0 spiro atoms. The van der Waals surface area contributed by atoms with Crippen LogP contribution >= 0.6 is 34.4 Å². The molecule has 0 saturated heterocycles. The van der Waals surface area contributed by atoms with E-state index >= 15 is 0 Å². The summed E-state index contributed by atoms with van der Waals surface area (Å²) < 4.78 is 6.90. The van der Waals surface area contributed by atoms with Gasteiger partial charge in [0, 0.05) is 15.2 Å². The molecule has 142 valence electrons. The number of fused-ring (bicyclic) bond motifs is 1. The Labute approximate surface area is 175 Å². The summed E-state index contributed by atoms with van der Waals surface area (Å²) in [5.74, 6) is 0.120. The van der Waals surface area contributed by atoms with Crippen molar-refractivity contribution in [1.82, 2.24) is 10.3 Å². The Kier molecular flexibility index (Phi) is 7.26. The summed E-state index contributed by atoms with van der Waals surface area (Å²) in [6, 6.07) is 7.69. The number of ether oxygens (including phenoxy) is 1. The smallest absolute Gasteiger partial charge is 0.273 e. The van der Waals surface area contributed by atoms with Crippen LogP contribution in [0.2, 0.25) is 0 Å². The average molecular weight is 498 g/mol. The SMILES string of the molecule is CON=CC(C)(C#N)NC(=O)C(Oc1cc(C)c2ncc(I)cc2c1)SC. The van der Waals surface area contributed by atoms with Crippen LogP contribution in [0.25, 0.3) is 10.9 Å². The molecule has 2 unspecified atom stereocenters. The van der Waals surface area contributed by atoms with Crippen molar-refractivity contribution in [1.29, 1.82) is 5.26 Å². The molecule has 0 aliphatic heterocycles. The van der Waals surface area contributed by atoms with Crippen molar-refractivity contribution >= 4 is 57.4 Å². The molecule has 1 aromatic heterocycles. The van der Waals surface area contributed by atoms with Gasteiger partial charge in [-0.15, -0.1) is 11.8 Å². The second-order valence-corrected chi connectivity index (χ2v) is 8.02. The quantitative estimate of drug-likeness (QED) is 0.273. The second kappa shape index (κ2) is 9.23. The molecule has 0 fully saturated rings. The first kappa shape index (κ1) is 21.2. The lowest BCUT2D eigenvalue weighted by molar-refractivity contribution is -0.125. The number of aryl methyl sites for hydroxylation is 1. The van der Waals surface area contributed by atoms with Gasteiger partial charge in [-0.25, -0.2) is 0 Å². The van der Waals surface area contributed by atoms with Gasteiger partial charge in [-0.3, -0.25) is 9.78 Å². The van der Waals surface area contributed by atoms with Crippen LogP contribution in [0.15, 0.2) is 29.6 Å². The van der Waals surface area contributed by atoms with Gasteiger partial charge in [0.25, 0.3) is 5.91 Å². The van der Waals surface area contributed by atoms with Gasteiger partial charge in [-0.2, -0.15) is 5.26 Å². The largest absolute Gasteiger partial charge is 0.470 e. The highest BCUT2D eigenvalue weighted by atomic mass is 127. The van der Waals surface area contributed by atoms with E-state index in [9.17, 15) is 10.1 Å². The highest BCUT2D eigenvalue weighted by Crippen LogP contribution is 2.27. The van der Waals surface area contributed by atoms with E-state index in [0.29, 0.717) is 5.75 Å². The molecule has 27 heavy (non-hydrogen) atoms. The maximum absolute atomic E-state index is 12.6. The fourth-order valence-electron chi connectivity index (χ4n) is 2.33. The normalized spacial score (nSPS) is 14.4. The Morgan fingerprint density at radius 3 is 2.89 bits per heavy atom. The van der Waals surface area contributed by atoms with E-state index < -0.39 is 16.9 Å². The summed E-state index contributed by atoms with van der Waals surface area (Å²) in [4.78, 5) is 21.6. The maximum atomic E-state index is 12.6. The van der Waals surface area contributed by atoms with Gasteiger partial charge in [-0.05, 0) is 66.5 Å². The number of hydrogen-bond donors (Lipinski definition) is 1. The summed E-state index contributed by atoms with van der Waals surface area (Å²) in [5.41, 5.74) is -0.292. The van der Waals surface area contributed by atoms with Gasteiger partial charge in [0.2, 0.25) is 5.44 Å². The lowest BCUT2D eigenvalue weighted by Crippen LogP contribution is -2.50. The number of nitrogens with zero attached hydrogens (tertiary/aromatic N) is 3. The molecule has 1 amide bonds. The summed E-state index contributed by atoms with van der Waals surface area (Å²) in [6.07, 6.45) is 4.80. The van der Waals surface area contributed by atoms with Gasteiger partial charge in [-0.1, -0.05) is 5.16 Å². The van der Waals surface area contributed by atoms with Gasteiger partial charge in [0.05, 0.1) is 17.8 Å². The van der Waals surface area contributed by atoms with Crippen molar-refractivity contribution in [2.75, 3.05) is 13.4 Å². The fraction of sp³-hybridized carbons (Fsp3) is 0.333. The average Bonchev–Trinajstić information content (AvgIpc) is 2.64. The summed E-state index contributed by atoms with van der Waals surface area (Å²) >= 11 is 3.43. The Morgan fingerprint density at radius 1 is 1.52 bits per heavy atom. The maximum Gasteiger partial charge on any atom is 0.273 e. The number of rotatable bonds is 7. The minimum atomic E-state index is -1.30. The monoisotopic (exact) mass is 498 g/mol. The lowest BCUT2D eigenvalue weighted by Gasteiger charge is -2.22. The number of oxime groups is 1. The number of nitriles is 1. The molecule has 0 aliphatic rings. The van der Waals surface area contributed by atoms with E-state index in [4.69, 9.17) is 4.74 Å². The number of benzene rings is 1. The topological polar surface area (TPSA) is 96.6 Å². The summed E-state index contributed by atoms with van der Waals surface area (Å²) in [7, 11) is 1.36. The molecule has 7 nitrogen and oxygen atoms in total. The highest BCUT2D eigenvalue weighted by Gasteiger charge is 2.29. The number of aromatic nitrogens is 1. The van der Waals surface area contributed by atoms with Crippen LogP contribution in [0.5, 0.6) is 5.75 Å². The summed E-state index contributed by atoms with van der Waals surface area (Å²) in [5, 5.41) is 16.5. The van der Waals surface area contributed by atoms with Crippen LogP contribution in [0.4, 0.5) is 0 Å². The van der Waals surface area contributed by atoms with Crippen molar-refractivity contribution < 1.29 is 14.4 Å². The molecule has 2 atom stereocenters. The van der Waals surface area contributed by atoms with Crippen molar-refractivity contribution in [3.8, 4) is 11.8 Å². The molecule has 1 aromatic carbocycles. The molecule has 2 aromatic rings. The third-order valence-corrected chi connectivity index (χ3v) is 4.94. The number of carbonyl (C=O) groups is 1. The number of pyridine rings is 1. The Hall–Kier alpha value is -2.06. The van der Waals surface area contributed by atoms with Gasteiger partial charge >= 0.3 is 0 Å². The minimum absolute atomic E-state index is 0.437. The third-order valence-electron chi connectivity index (χ3n) is 3.62. The van der Waals surface area contributed by atoms with Crippen LogP contribution < -0.4 is 10.1 Å². The zero-order valence-corrected chi connectivity index (χ0v) is 18.3. The van der Waals surface area contributed by atoms with Crippen LogP contribution in [0.1, 0.15) is 12.5 Å². The Morgan fingerprint density at radius 2 is 2.26 bits per heavy atom. The predicted molar refractivity (Wildman–Crippen MR) is 115 cm³/mol. The summed E-state index contributed by atoms with van der Waals surface area (Å²) in [6.45, 7) is 3.47. The van der Waals surface area contributed by atoms with Gasteiger partial charge in [0.15, 0.2) is 5.54 Å².